The topological polar surface area (TPSA) is 9.23 Å². The number of unbranched alkanes of at least 4 members (excludes halogenated alkanes) is 2. The molecule has 2 aliphatic rings. The normalized spacial score (nSPS) is 27.2. The zero-order valence-corrected chi connectivity index (χ0v) is 18.6. The fourth-order valence-corrected chi connectivity index (χ4v) is 5.75. The molecule has 0 aromatic heterocycles. The Hall–Kier alpha value is -1.52. The standard InChI is InChI=1S/C26H36F4O/c1-2-3-4-5-6-7-18-8-10-19(11-9-18)20-12-14-21(15-13-20)22-16-23(27)25(24(28)17-22)31-26(29)30/h2-3,16-21,26H,4-15H2,1H3/b3-2+. The molecule has 1 nitrogen and oxygen atoms in total. The third-order valence-electron chi connectivity index (χ3n) is 7.50. The summed E-state index contributed by atoms with van der Waals surface area (Å²) in [5.41, 5.74) is 0.566. The van der Waals surface area contributed by atoms with Crippen LogP contribution in [0.3, 0.4) is 0 Å². The quantitative estimate of drug-likeness (QED) is 0.212. The van der Waals surface area contributed by atoms with Crippen LogP contribution in [0.2, 0.25) is 0 Å². The van der Waals surface area contributed by atoms with Crippen LogP contribution in [0.15, 0.2) is 24.3 Å². The second-order valence-corrected chi connectivity index (χ2v) is 9.44. The van der Waals surface area contributed by atoms with Crippen molar-refractivity contribution in [3.05, 3.63) is 41.5 Å². The second kappa shape index (κ2) is 11.9. The molecule has 1 aromatic rings. The first-order valence-corrected chi connectivity index (χ1v) is 12.0. The largest absolute Gasteiger partial charge is 0.429 e. The van der Waals surface area contributed by atoms with Crippen molar-refractivity contribution in [2.45, 2.75) is 96.5 Å². The van der Waals surface area contributed by atoms with Crippen LogP contribution in [0.5, 0.6) is 5.75 Å². The Kier molecular flexibility index (Phi) is 9.28. The van der Waals surface area contributed by atoms with E-state index in [0.29, 0.717) is 11.5 Å². The van der Waals surface area contributed by atoms with Crippen molar-refractivity contribution in [1.82, 2.24) is 0 Å². The Morgan fingerprint density at radius 3 is 2.03 bits per heavy atom. The van der Waals surface area contributed by atoms with Gasteiger partial charge >= 0.3 is 6.61 Å². The number of hydrogen-bond acceptors (Lipinski definition) is 1. The summed E-state index contributed by atoms with van der Waals surface area (Å²) in [5, 5.41) is 0. The number of allylic oxidation sites excluding steroid dienone is 2. The maximum absolute atomic E-state index is 14.1. The van der Waals surface area contributed by atoms with Crippen LogP contribution in [-0.2, 0) is 0 Å². The minimum absolute atomic E-state index is 0.0920. The Balaban J connectivity index is 1.43. The van der Waals surface area contributed by atoms with Gasteiger partial charge in [-0.2, -0.15) is 8.78 Å². The van der Waals surface area contributed by atoms with Gasteiger partial charge in [-0.25, -0.2) is 8.78 Å². The highest BCUT2D eigenvalue weighted by atomic mass is 19.3. The van der Waals surface area contributed by atoms with Crippen LogP contribution in [-0.4, -0.2) is 6.61 Å². The Labute approximate surface area is 184 Å². The molecule has 174 valence electrons. The number of halogens is 4. The van der Waals surface area contributed by atoms with Gasteiger partial charge < -0.3 is 4.74 Å². The fourth-order valence-electron chi connectivity index (χ4n) is 5.75. The highest BCUT2D eigenvalue weighted by Crippen LogP contribution is 2.45. The molecule has 2 fully saturated rings. The van der Waals surface area contributed by atoms with E-state index < -0.39 is 24.0 Å². The van der Waals surface area contributed by atoms with Crippen LogP contribution < -0.4 is 4.74 Å². The lowest BCUT2D eigenvalue weighted by Crippen LogP contribution is -2.25. The van der Waals surface area contributed by atoms with Crippen LogP contribution in [0.1, 0.15) is 95.5 Å². The van der Waals surface area contributed by atoms with E-state index in [1.54, 1.807) is 0 Å². The van der Waals surface area contributed by atoms with E-state index in [9.17, 15) is 17.6 Å². The molecule has 3 rings (SSSR count). The first-order valence-electron chi connectivity index (χ1n) is 12.0. The number of benzene rings is 1. The molecular weight excluding hydrogens is 404 g/mol. The molecule has 1 aromatic carbocycles. The highest BCUT2D eigenvalue weighted by molar-refractivity contribution is 5.33. The molecule has 0 N–H and O–H groups in total. The van der Waals surface area contributed by atoms with Crippen molar-refractivity contribution < 1.29 is 22.3 Å². The van der Waals surface area contributed by atoms with Crippen molar-refractivity contribution in [2.75, 3.05) is 0 Å². The van der Waals surface area contributed by atoms with Gasteiger partial charge in [0.15, 0.2) is 17.4 Å². The van der Waals surface area contributed by atoms with E-state index in [1.165, 1.54) is 63.5 Å². The van der Waals surface area contributed by atoms with Gasteiger partial charge in [-0.05, 0) is 99.7 Å². The van der Waals surface area contributed by atoms with Crippen molar-refractivity contribution in [1.29, 1.82) is 0 Å². The number of rotatable bonds is 9. The third-order valence-corrected chi connectivity index (χ3v) is 7.50. The van der Waals surface area contributed by atoms with E-state index in [-0.39, 0.29) is 5.92 Å². The van der Waals surface area contributed by atoms with Gasteiger partial charge in [0.1, 0.15) is 0 Å². The third kappa shape index (κ3) is 6.98. The Morgan fingerprint density at radius 2 is 1.48 bits per heavy atom. The summed E-state index contributed by atoms with van der Waals surface area (Å²) < 4.78 is 56.8. The molecule has 0 spiro atoms. The predicted molar refractivity (Wildman–Crippen MR) is 116 cm³/mol. The molecular formula is C26H36F4O. The van der Waals surface area contributed by atoms with Crippen LogP contribution in [0, 0.1) is 29.4 Å². The number of alkyl halides is 2. The zero-order valence-electron chi connectivity index (χ0n) is 18.6. The number of hydrogen-bond donors (Lipinski definition) is 0. The number of ether oxygens (including phenoxy) is 1. The van der Waals surface area contributed by atoms with E-state index in [1.807, 2.05) is 0 Å². The van der Waals surface area contributed by atoms with Crippen molar-refractivity contribution in [2.24, 2.45) is 17.8 Å². The van der Waals surface area contributed by atoms with Gasteiger partial charge in [-0.1, -0.05) is 37.8 Å². The minimum atomic E-state index is -3.24. The van der Waals surface area contributed by atoms with E-state index in [4.69, 9.17) is 0 Å². The molecule has 0 aliphatic heterocycles. The summed E-state index contributed by atoms with van der Waals surface area (Å²) in [6, 6.07) is 2.35. The fraction of sp³-hybridized carbons (Fsp3) is 0.692. The summed E-state index contributed by atoms with van der Waals surface area (Å²) in [4.78, 5) is 0. The molecule has 0 unspecified atom stereocenters. The van der Waals surface area contributed by atoms with Crippen LogP contribution in [0.25, 0.3) is 0 Å². The molecule has 2 aliphatic carbocycles. The van der Waals surface area contributed by atoms with Crippen molar-refractivity contribution >= 4 is 0 Å². The van der Waals surface area contributed by atoms with Gasteiger partial charge in [-0.3, -0.25) is 0 Å². The van der Waals surface area contributed by atoms with Gasteiger partial charge in [0.25, 0.3) is 0 Å². The molecule has 5 heteroatoms. The monoisotopic (exact) mass is 440 g/mol. The van der Waals surface area contributed by atoms with Crippen molar-refractivity contribution in [3.8, 4) is 5.75 Å². The molecule has 0 saturated heterocycles. The Bertz CT molecular complexity index is 678. The van der Waals surface area contributed by atoms with Gasteiger partial charge in [0.05, 0.1) is 0 Å². The molecule has 0 amide bonds. The highest BCUT2D eigenvalue weighted by Gasteiger charge is 2.32. The average molecular weight is 441 g/mol. The van der Waals surface area contributed by atoms with Crippen molar-refractivity contribution in [3.63, 3.8) is 0 Å². The minimum Gasteiger partial charge on any atom is -0.429 e. The lowest BCUT2D eigenvalue weighted by molar-refractivity contribution is -0.0546. The molecule has 2 saturated carbocycles. The second-order valence-electron chi connectivity index (χ2n) is 9.44. The average Bonchev–Trinajstić information content (AvgIpc) is 2.76. The van der Waals surface area contributed by atoms with Gasteiger partial charge in [0.2, 0.25) is 0 Å². The van der Waals surface area contributed by atoms with E-state index in [0.717, 1.165) is 37.5 Å². The molecule has 0 bridgehead atoms. The smallest absolute Gasteiger partial charge is 0.387 e. The van der Waals surface area contributed by atoms with E-state index >= 15 is 0 Å². The lowest BCUT2D eigenvalue weighted by Gasteiger charge is -2.38. The summed E-state index contributed by atoms with van der Waals surface area (Å²) in [7, 11) is 0. The molecule has 31 heavy (non-hydrogen) atoms. The van der Waals surface area contributed by atoms with E-state index in [2.05, 4.69) is 23.8 Å². The zero-order chi connectivity index (χ0) is 22.2. The molecule has 0 heterocycles. The summed E-state index contributed by atoms with van der Waals surface area (Å²) in [6.45, 7) is -1.16. The summed E-state index contributed by atoms with van der Waals surface area (Å²) in [5.74, 6) is -0.583. The van der Waals surface area contributed by atoms with Gasteiger partial charge in [-0.15, -0.1) is 0 Å². The maximum Gasteiger partial charge on any atom is 0.387 e. The first kappa shape index (κ1) is 24.1. The summed E-state index contributed by atoms with van der Waals surface area (Å²) in [6.07, 6.45) is 18.9. The predicted octanol–water partition coefficient (Wildman–Crippen LogP) is 8.78. The summed E-state index contributed by atoms with van der Waals surface area (Å²) >= 11 is 0. The SMILES string of the molecule is C/C=C/CCCCC1CCC(C2CCC(c3cc(F)c(OC(F)F)c(F)c3)CC2)CC1. The molecule has 0 radical (unpaired) electrons. The maximum atomic E-state index is 14.1. The Morgan fingerprint density at radius 1 is 0.903 bits per heavy atom. The van der Waals surface area contributed by atoms with Crippen LogP contribution in [0.4, 0.5) is 17.6 Å². The lowest BCUT2D eigenvalue weighted by atomic mass is 9.68. The van der Waals surface area contributed by atoms with Crippen LogP contribution >= 0.6 is 0 Å². The molecule has 0 atom stereocenters. The van der Waals surface area contributed by atoms with Gasteiger partial charge in [0, 0.05) is 0 Å². The first-order chi connectivity index (χ1) is 15.0.